The summed E-state index contributed by atoms with van der Waals surface area (Å²) in [6.45, 7) is 6.50. The van der Waals surface area contributed by atoms with E-state index in [2.05, 4.69) is 154 Å². The summed E-state index contributed by atoms with van der Waals surface area (Å²) in [5, 5.41) is 0. The Kier molecular flexibility index (Phi) is 65.3. The van der Waals surface area contributed by atoms with Gasteiger partial charge in [-0.05, 0) is 122 Å². The summed E-state index contributed by atoms with van der Waals surface area (Å²) in [7, 11) is 0. The van der Waals surface area contributed by atoms with Crippen LogP contribution in [0.4, 0.5) is 0 Å². The second kappa shape index (κ2) is 69.0. The largest absolute Gasteiger partial charge is 0.462 e. The second-order valence-corrected chi connectivity index (χ2v) is 22.4. The van der Waals surface area contributed by atoms with Crippen molar-refractivity contribution in [2.45, 2.75) is 316 Å². The molecule has 1 unspecified atom stereocenters. The molecule has 0 bridgehead atoms. The molecule has 0 aromatic rings. The molecular formula is C76H126O6. The van der Waals surface area contributed by atoms with E-state index in [0.29, 0.717) is 25.7 Å². The Morgan fingerprint density at radius 1 is 0.256 bits per heavy atom. The number of carbonyl (C=O) groups is 3. The molecule has 0 aromatic carbocycles. The van der Waals surface area contributed by atoms with Crippen LogP contribution in [-0.2, 0) is 28.6 Å². The molecule has 6 heteroatoms. The average molecular weight is 1140 g/mol. The molecule has 0 aliphatic rings. The van der Waals surface area contributed by atoms with Gasteiger partial charge in [0.1, 0.15) is 13.2 Å². The number of ether oxygens (including phenoxy) is 3. The van der Waals surface area contributed by atoms with Gasteiger partial charge in [-0.2, -0.15) is 0 Å². The number of hydrogen-bond acceptors (Lipinski definition) is 6. The normalized spacial score (nSPS) is 13.0. The van der Waals surface area contributed by atoms with Gasteiger partial charge < -0.3 is 14.2 Å². The summed E-state index contributed by atoms with van der Waals surface area (Å²) in [5.74, 6) is -0.941. The second-order valence-electron chi connectivity index (χ2n) is 22.4. The van der Waals surface area contributed by atoms with Crippen molar-refractivity contribution in [3.05, 3.63) is 134 Å². The van der Waals surface area contributed by atoms with Gasteiger partial charge in [0, 0.05) is 19.3 Å². The Labute approximate surface area is 506 Å². The summed E-state index contributed by atoms with van der Waals surface area (Å²) in [6, 6.07) is 0. The fourth-order valence-electron chi connectivity index (χ4n) is 9.29. The van der Waals surface area contributed by atoms with Crippen molar-refractivity contribution in [1.29, 1.82) is 0 Å². The number of esters is 3. The quantitative estimate of drug-likeness (QED) is 0.0261. The molecule has 0 aromatic heterocycles. The van der Waals surface area contributed by atoms with E-state index in [1.165, 1.54) is 141 Å². The standard InChI is InChI=1S/C76H126O6/c1-4-7-10-13-16-19-22-25-28-30-31-32-33-34-35-36-37-38-39-40-41-42-43-44-45-46-49-51-54-57-60-63-66-69-75(78)81-72-73(71-80-74(77)68-65-62-59-56-53-50-47-27-24-21-18-15-12-9-6-3)82-76(79)70-67-64-61-58-55-52-48-29-26-23-20-17-14-11-8-5-2/h7,10,16,19,25,27-28,31-32,34-35,37-38,40-41,43-44,46-47,49,54,57,73H,4-6,8-9,11-15,17-18,20-24,26,29-30,33,36,39,42,45,48,50-53,55-56,58-72H2,1-3H3/b10-7-,19-16-,28-25-,32-31-,35-34-,38-37-,41-40-,44-43-,47-27-,49-46-,57-54-. The minimum atomic E-state index is -0.802. The summed E-state index contributed by atoms with van der Waals surface area (Å²) in [4.78, 5) is 38.3. The van der Waals surface area contributed by atoms with Gasteiger partial charge in [0.15, 0.2) is 6.10 Å². The van der Waals surface area contributed by atoms with Crippen LogP contribution in [0.3, 0.4) is 0 Å². The Morgan fingerprint density at radius 2 is 0.476 bits per heavy atom. The highest BCUT2D eigenvalue weighted by Crippen LogP contribution is 2.16. The van der Waals surface area contributed by atoms with E-state index in [9.17, 15) is 14.4 Å². The number of allylic oxidation sites excluding steroid dienone is 22. The molecule has 0 heterocycles. The molecule has 0 aliphatic heterocycles. The molecule has 0 saturated carbocycles. The van der Waals surface area contributed by atoms with Crippen LogP contribution in [0.25, 0.3) is 0 Å². The molecule has 0 saturated heterocycles. The molecule has 0 aliphatic carbocycles. The molecule has 6 nitrogen and oxygen atoms in total. The van der Waals surface area contributed by atoms with E-state index < -0.39 is 6.10 Å². The molecule has 0 radical (unpaired) electrons. The van der Waals surface area contributed by atoms with Crippen LogP contribution in [0.2, 0.25) is 0 Å². The van der Waals surface area contributed by atoms with Crippen molar-refractivity contribution in [2.24, 2.45) is 0 Å². The SMILES string of the molecule is CC/C=C\C/C=C\C/C=C\C/C=C\C/C=C\C/C=C\C/C=C\C/C=C\C/C=C\C/C=C\CCCCC(=O)OCC(COC(=O)CCCCCCC/C=C\CCCCCCCC)OC(=O)CCCCCCCCCCCCCCCCCC. The molecule has 0 spiro atoms. The van der Waals surface area contributed by atoms with Crippen LogP contribution < -0.4 is 0 Å². The third kappa shape index (κ3) is 66.4. The van der Waals surface area contributed by atoms with Crippen LogP contribution >= 0.6 is 0 Å². The molecular weight excluding hydrogens is 1010 g/mol. The van der Waals surface area contributed by atoms with Crippen LogP contribution in [-0.4, -0.2) is 37.2 Å². The lowest BCUT2D eigenvalue weighted by Crippen LogP contribution is -2.30. The van der Waals surface area contributed by atoms with Gasteiger partial charge in [-0.3, -0.25) is 14.4 Å². The zero-order valence-electron chi connectivity index (χ0n) is 53.5. The predicted molar refractivity (Wildman–Crippen MR) is 357 cm³/mol. The lowest BCUT2D eigenvalue weighted by Gasteiger charge is -2.18. The Balaban J connectivity index is 4.39. The molecule has 0 rings (SSSR count). The van der Waals surface area contributed by atoms with Gasteiger partial charge in [0.05, 0.1) is 0 Å². The molecule has 82 heavy (non-hydrogen) atoms. The van der Waals surface area contributed by atoms with E-state index in [0.717, 1.165) is 122 Å². The Hall–Kier alpha value is -4.45. The highest BCUT2D eigenvalue weighted by molar-refractivity contribution is 5.71. The van der Waals surface area contributed by atoms with Gasteiger partial charge >= 0.3 is 17.9 Å². The summed E-state index contributed by atoms with van der Waals surface area (Å²) >= 11 is 0. The van der Waals surface area contributed by atoms with Crippen molar-refractivity contribution >= 4 is 17.9 Å². The maximum Gasteiger partial charge on any atom is 0.306 e. The number of unbranched alkanes of at least 4 members (excludes halogenated alkanes) is 28. The van der Waals surface area contributed by atoms with E-state index in [1.807, 2.05) is 0 Å². The van der Waals surface area contributed by atoms with Crippen molar-refractivity contribution < 1.29 is 28.6 Å². The van der Waals surface area contributed by atoms with E-state index in [1.54, 1.807) is 0 Å². The highest BCUT2D eigenvalue weighted by Gasteiger charge is 2.19. The van der Waals surface area contributed by atoms with Crippen molar-refractivity contribution in [3.63, 3.8) is 0 Å². The maximum atomic E-state index is 12.9. The first-order valence-corrected chi connectivity index (χ1v) is 34.2. The Morgan fingerprint density at radius 3 is 0.780 bits per heavy atom. The monoisotopic (exact) mass is 1130 g/mol. The van der Waals surface area contributed by atoms with Crippen LogP contribution in [0.15, 0.2) is 134 Å². The number of carbonyl (C=O) groups excluding carboxylic acids is 3. The van der Waals surface area contributed by atoms with Crippen LogP contribution in [0.1, 0.15) is 310 Å². The van der Waals surface area contributed by atoms with E-state index >= 15 is 0 Å². The number of rotatable bonds is 61. The van der Waals surface area contributed by atoms with Gasteiger partial charge in [-0.1, -0.05) is 302 Å². The average Bonchev–Trinajstić information content (AvgIpc) is 3.47. The van der Waals surface area contributed by atoms with E-state index in [4.69, 9.17) is 14.2 Å². The third-order valence-corrected chi connectivity index (χ3v) is 14.4. The fourth-order valence-corrected chi connectivity index (χ4v) is 9.29. The van der Waals surface area contributed by atoms with Gasteiger partial charge in [0.2, 0.25) is 0 Å². The highest BCUT2D eigenvalue weighted by atomic mass is 16.6. The molecule has 0 fully saturated rings. The van der Waals surface area contributed by atoms with Crippen molar-refractivity contribution in [2.75, 3.05) is 13.2 Å². The zero-order chi connectivity index (χ0) is 59.2. The first-order valence-electron chi connectivity index (χ1n) is 34.2. The zero-order valence-corrected chi connectivity index (χ0v) is 53.5. The van der Waals surface area contributed by atoms with Crippen molar-refractivity contribution in [1.82, 2.24) is 0 Å². The van der Waals surface area contributed by atoms with Crippen LogP contribution in [0.5, 0.6) is 0 Å². The summed E-state index contributed by atoms with van der Waals surface area (Å²) in [6.07, 6.45) is 97.5. The van der Waals surface area contributed by atoms with E-state index in [-0.39, 0.29) is 31.1 Å². The molecule has 0 N–H and O–H groups in total. The van der Waals surface area contributed by atoms with Gasteiger partial charge in [-0.25, -0.2) is 0 Å². The minimum Gasteiger partial charge on any atom is -0.462 e. The lowest BCUT2D eigenvalue weighted by molar-refractivity contribution is -0.167. The maximum absolute atomic E-state index is 12.9. The summed E-state index contributed by atoms with van der Waals surface area (Å²) < 4.78 is 16.9. The molecule has 0 amide bonds. The topological polar surface area (TPSA) is 78.9 Å². The summed E-state index contributed by atoms with van der Waals surface area (Å²) in [5.41, 5.74) is 0. The predicted octanol–water partition coefficient (Wildman–Crippen LogP) is 23.7. The fraction of sp³-hybridized carbons (Fsp3) is 0.671. The van der Waals surface area contributed by atoms with Gasteiger partial charge in [-0.15, -0.1) is 0 Å². The first kappa shape index (κ1) is 77.5. The van der Waals surface area contributed by atoms with Crippen molar-refractivity contribution in [3.8, 4) is 0 Å². The Bertz CT molecular complexity index is 1730. The first-order chi connectivity index (χ1) is 40.5. The number of hydrogen-bond donors (Lipinski definition) is 0. The smallest absolute Gasteiger partial charge is 0.306 e. The van der Waals surface area contributed by atoms with Crippen LogP contribution in [0, 0.1) is 0 Å². The third-order valence-electron chi connectivity index (χ3n) is 14.4. The minimum absolute atomic E-state index is 0.0962. The van der Waals surface area contributed by atoms with Gasteiger partial charge in [0.25, 0.3) is 0 Å². The molecule has 1 atom stereocenters. The molecule has 466 valence electrons. The lowest BCUT2D eigenvalue weighted by atomic mass is 10.0.